The topological polar surface area (TPSA) is 64.2 Å². The van der Waals surface area contributed by atoms with Gasteiger partial charge in [0.2, 0.25) is 0 Å². The first-order valence-corrected chi connectivity index (χ1v) is 9.35. The number of hydrogen-bond donors (Lipinski definition) is 1. The van der Waals surface area contributed by atoms with Gasteiger partial charge in [-0.15, -0.1) is 0 Å². The van der Waals surface area contributed by atoms with Crippen molar-refractivity contribution < 1.29 is 8.78 Å². The zero-order valence-corrected chi connectivity index (χ0v) is 16.7. The Balaban J connectivity index is 2.11. The fourth-order valence-electron chi connectivity index (χ4n) is 2.88. The van der Waals surface area contributed by atoms with Crippen LogP contribution in [0.2, 0.25) is 0 Å². The molecule has 0 fully saturated rings. The fraction of sp³-hybridized carbons (Fsp3) is 0.261. The van der Waals surface area contributed by atoms with Crippen LogP contribution in [-0.4, -0.2) is 22.7 Å². The molecule has 150 valence electrons. The highest BCUT2D eigenvalue weighted by molar-refractivity contribution is 6.11. The van der Waals surface area contributed by atoms with Gasteiger partial charge < -0.3 is 5.73 Å². The van der Waals surface area contributed by atoms with Gasteiger partial charge in [0.1, 0.15) is 5.69 Å². The van der Waals surface area contributed by atoms with E-state index in [1.54, 1.807) is 18.5 Å². The molecule has 6 heteroatoms. The SMILES string of the molecule is CC(C)(C)CN=C/C(=C\N)c1ccc(C(F)F)nc1-c1ccc2cccnc2c1. The predicted octanol–water partition coefficient (Wildman–Crippen LogP) is 5.65. The average molecular weight is 394 g/mol. The van der Waals surface area contributed by atoms with Crippen molar-refractivity contribution in [2.45, 2.75) is 27.2 Å². The van der Waals surface area contributed by atoms with Crippen molar-refractivity contribution in [3.05, 3.63) is 66.1 Å². The van der Waals surface area contributed by atoms with Gasteiger partial charge in [-0.1, -0.05) is 45.0 Å². The molecule has 1 aromatic carbocycles. The van der Waals surface area contributed by atoms with Crippen LogP contribution in [0.15, 0.2) is 59.9 Å². The van der Waals surface area contributed by atoms with Gasteiger partial charge >= 0.3 is 0 Å². The van der Waals surface area contributed by atoms with Gasteiger partial charge in [-0.25, -0.2) is 13.8 Å². The Kier molecular flexibility index (Phi) is 6.01. The summed E-state index contributed by atoms with van der Waals surface area (Å²) in [6.07, 6.45) is 2.13. The number of rotatable bonds is 5. The van der Waals surface area contributed by atoms with Crippen LogP contribution in [0.3, 0.4) is 0 Å². The van der Waals surface area contributed by atoms with Crippen LogP contribution in [0.25, 0.3) is 27.7 Å². The second-order valence-corrected chi connectivity index (χ2v) is 8.00. The largest absolute Gasteiger partial charge is 0.404 e. The van der Waals surface area contributed by atoms with Crippen molar-refractivity contribution in [1.82, 2.24) is 9.97 Å². The molecular weight excluding hydrogens is 370 g/mol. The van der Waals surface area contributed by atoms with Gasteiger partial charge in [0, 0.05) is 47.2 Å². The molecule has 0 amide bonds. The highest BCUT2D eigenvalue weighted by atomic mass is 19.3. The summed E-state index contributed by atoms with van der Waals surface area (Å²) in [5.74, 6) is 0. The standard InChI is InChI=1S/C23H24F2N4/c1-23(2,3)14-27-13-17(12-26)18-8-9-19(22(24)25)29-21(18)16-7-6-15-5-4-10-28-20(15)11-16/h4-13,22H,14,26H2,1-3H3/b17-12+,27-13?. The van der Waals surface area contributed by atoms with E-state index in [0.29, 0.717) is 28.9 Å². The van der Waals surface area contributed by atoms with Crippen LogP contribution in [0, 0.1) is 5.41 Å². The zero-order chi connectivity index (χ0) is 21.0. The highest BCUT2D eigenvalue weighted by Crippen LogP contribution is 2.31. The van der Waals surface area contributed by atoms with Crippen molar-refractivity contribution in [3.63, 3.8) is 0 Å². The van der Waals surface area contributed by atoms with Crippen LogP contribution in [0.5, 0.6) is 0 Å². The second-order valence-electron chi connectivity index (χ2n) is 8.00. The Bertz CT molecular complexity index is 1070. The number of benzene rings is 1. The Morgan fingerprint density at radius 1 is 1.17 bits per heavy atom. The van der Waals surface area contributed by atoms with E-state index in [4.69, 9.17) is 5.73 Å². The first kappa shape index (κ1) is 20.6. The second kappa shape index (κ2) is 8.47. The average Bonchev–Trinajstić information content (AvgIpc) is 2.69. The molecule has 0 aliphatic rings. The lowest BCUT2D eigenvalue weighted by molar-refractivity contribution is 0.146. The van der Waals surface area contributed by atoms with Gasteiger partial charge in [-0.2, -0.15) is 0 Å². The molecule has 3 rings (SSSR count). The molecule has 2 aromatic heterocycles. The maximum atomic E-state index is 13.3. The summed E-state index contributed by atoms with van der Waals surface area (Å²) < 4.78 is 26.6. The van der Waals surface area contributed by atoms with E-state index >= 15 is 0 Å². The summed E-state index contributed by atoms with van der Waals surface area (Å²) in [7, 11) is 0. The Labute approximate surface area is 169 Å². The number of pyridine rings is 2. The highest BCUT2D eigenvalue weighted by Gasteiger charge is 2.17. The number of alkyl halides is 2. The quantitative estimate of drug-likeness (QED) is 0.569. The smallest absolute Gasteiger partial charge is 0.280 e. The minimum atomic E-state index is -2.67. The lowest BCUT2D eigenvalue weighted by atomic mass is 9.97. The lowest BCUT2D eigenvalue weighted by Crippen LogP contribution is -2.09. The van der Waals surface area contributed by atoms with E-state index in [9.17, 15) is 8.78 Å². The normalized spacial score (nSPS) is 13.0. The monoisotopic (exact) mass is 394 g/mol. The molecule has 29 heavy (non-hydrogen) atoms. The van der Waals surface area contributed by atoms with E-state index in [2.05, 4.69) is 35.7 Å². The molecule has 0 saturated heterocycles. The third-order valence-electron chi connectivity index (χ3n) is 4.31. The maximum Gasteiger partial charge on any atom is 0.280 e. The number of allylic oxidation sites excluding steroid dienone is 1. The number of hydrogen-bond acceptors (Lipinski definition) is 4. The molecule has 0 unspecified atom stereocenters. The number of nitrogens with zero attached hydrogens (tertiary/aromatic N) is 3. The molecule has 2 heterocycles. The molecule has 0 radical (unpaired) electrons. The minimum Gasteiger partial charge on any atom is -0.404 e. The third-order valence-corrected chi connectivity index (χ3v) is 4.31. The van der Waals surface area contributed by atoms with Gasteiger partial charge in [0.05, 0.1) is 11.2 Å². The van der Waals surface area contributed by atoms with Crippen LogP contribution < -0.4 is 5.73 Å². The number of aliphatic imine (C=N–C) groups is 1. The summed E-state index contributed by atoms with van der Waals surface area (Å²) in [5, 5.41) is 0.962. The Morgan fingerprint density at radius 3 is 2.66 bits per heavy atom. The van der Waals surface area contributed by atoms with Crippen molar-refractivity contribution in [2.24, 2.45) is 16.1 Å². The van der Waals surface area contributed by atoms with Gasteiger partial charge in [-0.05, 0) is 23.6 Å². The minimum absolute atomic E-state index is 0.0286. The molecule has 0 aliphatic heterocycles. The Morgan fingerprint density at radius 2 is 1.97 bits per heavy atom. The number of aromatic nitrogens is 2. The van der Waals surface area contributed by atoms with Crippen molar-refractivity contribution in [1.29, 1.82) is 0 Å². The summed E-state index contributed by atoms with van der Waals surface area (Å²) in [5.41, 5.74) is 8.74. The first-order valence-electron chi connectivity index (χ1n) is 9.35. The van der Waals surface area contributed by atoms with Crippen molar-refractivity contribution in [3.8, 4) is 11.3 Å². The van der Waals surface area contributed by atoms with E-state index in [1.165, 1.54) is 12.3 Å². The first-order chi connectivity index (χ1) is 13.8. The fourth-order valence-corrected chi connectivity index (χ4v) is 2.88. The van der Waals surface area contributed by atoms with Gasteiger partial charge in [-0.3, -0.25) is 9.98 Å². The van der Waals surface area contributed by atoms with Crippen LogP contribution in [0.4, 0.5) is 8.78 Å². The maximum absolute atomic E-state index is 13.3. The van der Waals surface area contributed by atoms with E-state index in [-0.39, 0.29) is 11.1 Å². The molecule has 2 N–H and O–H groups in total. The molecule has 0 bridgehead atoms. The Hall–Kier alpha value is -3.15. The lowest BCUT2D eigenvalue weighted by Gasteiger charge is -2.15. The number of halogens is 2. The van der Waals surface area contributed by atoms with Crippen molar-refractivity contribution in [2.75, 3.05) is 6.54 Å². The summed E-state index contributed by atoms with van der Waals surface area (Å²) in [4.78, 5) is 13.1. The number of fused-ring (bicyclic) bond motifs is 1. The van der Waals surface area contributed by atoms with E-state index in [0.717, 1.165) is 10.9 Å². The summed E-state index contributed by atoms with van der Waals surface area (Å²) >= 11 is 0. The molecule has 0 atom stereocenters. The van der Waals surface area contributed by atoms with E-state index < -0.39 is 6.43 Å². The van der Waals surface area contributed by atoms with Crippen LogP contribution in [0.1, 0.15) is 38.5 Å². The molecule has 0 spiro atoms. The van der Waals surface area contributed by atoms with Crippen LogP contribution >= 0.6 is 0 Å². The van der Waals surface area contributed by atoms with Crippen molar-refractivity contribution >= 4 is 22.7 Å². The van der Waals surface area contributed by atoms with E-state index in [1.807, 2.05) is 30.3 Å². The molecule has 3 aromatic rings. The van der Waals surface area contributed by atoms with Crippen LogP contribution in [-0.2, 0) is 0 Å². The number of nitrogens with two attached hydrogens (primary N) is 1. The molecular formula is C23H24F2N4. The zero-order valence-electron chi connectivity index (χ0n) is 16.7. The molecule has 0 saturated carbocycles. The summed E-state index contributed by atoms with van der Waals surface area (Å²) in [6, 6.07) is 12.3. The molecule has 4 nitrogen and oxygen atoms in total. The predicted molar refractivity (Wildman–Crippen MR) is 115 cm³/mol. The third kappa shape index (κ3) is 5.02. The van der Waals surface area contributed by atoms with Gasteiger partial charge in [0.15, 0.2) is 0 Å². The molecule has 0 aliphatic carbocycles. The summed E-state index contributed by atoms with van der Waals surface area (Å²) in [6.45, 7) is 6.87. The van der Waals surface area contributed by atoms with Gasteiger partial charge in [0.25, 0.3) is 6.43 Å².